The molecule has 132 valence electrons. The third-order valence-electron chi connectivity index (χ3n) is 4.08. The first-order valence-corrected chi connectivity index (χ1v) is 8.34. The summed E-state index contributed by atoms with van der Waals surface area (Å²) in [6, 6.07) is 7.95. The van der Waals surface area contributed by atoms with Gasteiger partial charge in [-0.15, -0.1) is 5.17 Å². The summed E-state index contributed by atoms with van der Waals surface area (Å²) in [7, 11) is 1.24. The summed E-state index contributed by atoms with van der Waals surface area (Å²) in [4.78, 5) is 12.2. The molecule has 0 saturated heterocycles. The van der Waals surface area contributed by atoms with E-state index >= 15 is 0 Å². The van der Waals surface area contributed by atoms with Crippen LogP contribution in [0.2, 0.25) is 5.02 Å². The molecular formula is C18H18ClFN2O3. The van der Waals surface area contributed by atoms with Gasteiger partial charge >= 0.3 is 0 Å². The fourth-order valence-electron chi connectivity index (χ4n) is 2.90. The zero-order chi connectivity index (χ0) is 18.0. The zero-order valence-corrected chi connectivity index (χ0v) is 14.4. The number of halogens is 2. The maximum absolute atomic E-state index is 13.9. The maximum atomic E-state index is 13.9. The summed E-state index contributed by atoms with van der Waals surface area (Å²) in [6.45, 7) is 0. The topological polar surface area (TPSA) is 61.8 Å². The van der Waals surface area contributed by atoms with Gasteiger partial charge in [-0.05, 0) is 55.0 Å². The lowest BCUT2D eigenvalue weighted by atomic mass is 9.92. The number of carbonyl (C=O) groups excluding carboxylic acids is 1. The standard InChI is InChI=1S/C18H18ClFN2O3/c1-22(24)21-18(23)14-9-15(19)16(20)10-17(14)25-13-7-6-11-4-2-3-5-12(11)8-13/h6-10,24H,2-5H2,1H3,(H,21,23). The average Bonchev–Trinajstić information content (AvgIpc) is 2.57. The van der Waals surface area contributed by atoms with Gasteiger partial charge in [0.25, 0.3) is 5.91 Å². The maximum Gasteiger partial charge on any atom is 0.271 e. The number of hydrazine groups is 1. The number of ether oxygens (including phenoxy) is 1. The van der Waals surface area contributed by atoms with Crippen LogP contribution >= 0.6 is 11.6 Å². The van der Waals surface area contributed by atoms with E-state index in [4.69, 9.17) is 16.3 Å². The normalized spacial score (nSPS) is 13.5. The molecule has 7 heteroatoms. The smallest absolute Gasteiger partial charge is 0.271 e. The van der Waals surface area contributed by atoms with Crippen molar-refractivity contribution in [3.05, 3.63) is 57.9 Å². The van der Waals surface area contributed by atoms with E-state index in [0.717, 1.165) is 25.3 Å². The van der Waals surface area contributed by atoms with Crippen LogP contribution < -0.4 is 10.2 Å². The Balaban J connectivity index is 1.93. The molecule has 2 aromatic carbocycles. The highest BCUT2D eigenvalue weighted by Crippen LogP contribution is 2.32. The van der Waals surface area contributed by atoms with Crippen LogP contribution in [0.1, 0.15) is 34.3 Å². The molecule has 0 bridgehead atoms. The van der Waals surface area contributed by atoms with E-state index < -0.39 is 11.7 Å². The number of benzene rings is 2. The van der Waals surface area contributed by atoms with Gasteiger partial charge in [-0.3, -0.25) is 15.4 Å². The van der Waals surface area contributed by atoms with Gasteiger partial charge in [0, 0.05) is 13.1 Å². The number of nitrogens with one attached hydrogen (secondary N) is 1. The van der Waals surface area contributed by atoms with Crippen molar-refractivity contribution in [2.45, 2.75) is 25.7 Å². The van der Waals surface area contributed by atoms with Crippen molar-refractivity contribution in [2.24, 2.45) is 0 Å². The summed E-state index contributed by atoms with van der Waals surface area (Å²) < 4.78 is 19.6. The summed E-state index contributed by atoms with van der Waals surface area (Å²) >= 11 is 5.78. The summed E-state index contributed by atoms with van der Waals surface area (Å²) in [6.07, 6.45) is 4.32. The van der Waals surface area contributed by atoms with Crippen LogP contribution in [0.25, 0.3) is 0 Å². The quantitative estimate of drug-likeness (QED) is 0.801. The van der Waals surface area contributed by atoms with Crippen molar-refractivity contribution in [1.29, 1.82) is 0 Å². The number of hydrogen-bond acceptors (Lipinski definition) is 4. The molecule has 2 N–H and O–H groups in total. The van der Waals surface area contributed by atoms with Gasteiger partial charge in [-0.2, -0.15) is 0 Å². The Morgan fingerprint density at radius 2 is 1.96 bits per heavy atom. The number of hydrogen-bond donors (Lipinski definition) is 2. The second-order valence-corrected chi connectivity index (χ2v) is 6.37. The van der Waals surface area contributed by atoms with Gasteiger partial charge < -0.3 is 4.74 Å². The molecule has 0 radical (unpaired) electrons. The zero-order valence-electron chi connectivity index (χ0n) is 13.7. The number of amides is 1. The number of nitrogens with zero attached hydrogens (tertiary/aromatic N) is 1. The molecule has 1 aliphatic carbocycles. The number of hydroxylamine groups is 1. The Labute approximate surface area is 149 Å². The molecule has 0 aliphatic heterocycles. The van der Waals surface area contributed by atoms with Crippen molar-refractivity contribution in [3.63, 3.8) is 0 Å². The van der Waals surface area contributed by atoms with E-state index in [1.807, 2.05) is 12.1 Å². The Hall–Kier alpha value is -2.15. The first-order chi connectivity index (χ1) is 11.9. The SMILES string of the molecule is CN(O)NC(=O)c1cc(Cl)c(F)cc1Oc1ccc2c(c1)CCCC2. The number of aryl methyl sites for hydroxylation is 2. The lowest BCUT2D eigenvalue weighted by Gasteiger charge is -2.18. The van der Waals surface area contributed by atoms with Crippen molar-refractivity contribution in [2.75, 3.05) is 7.05 Å². The summed E-state index contributed by atoms with van der Waals surface area (Å²) in [5, 5.41) is 9.47. The molecule has 0 atom stereocenters. The molecule has 0 aromatic heterocycles. The van der Waals surface area contributed by atoms with Gasteiger partial charge in [-0.25, -0.2) is 4.39 Å². The van der Waals surface area contributed by atoms with E-state index in [0.29, 0.717) is 10.9 Å². The van der Waals surface area contributed by atoms with E-state index in [2.05, 4.69) is 5.43 Å². The fraction of sp³-hybridized carbons (Fsp3) is 0.278. The van der Waals surface area contributed by atoms with Crippen molar-refractivity contribution in [3.8, 4) is 11.5 Å². The van der Waals surface area contributed by atoms with Crippen LogP contribution in [0.4, 0.5) is 4.39 Å². The molecule has 3 rings (SSSR count). The number of rotatable bonds is 4. The van der Waals surface area contributed by atoms with E-state index in [-0.39, 0.29) is 16.3 Å². The molecule has 0 heterocycles. The molecule has 0 spiro atoms. The predicted molar refractivity (Wildman–Crippen MR) is 91.6 cm³/mol. The molecule has 1 aliphatic rings. The summed E-state index contributed by atoms with van der Waals surface area (Å²) in [5.74, 6) is -0.811. The van der Waals surface area contributed by atoms with Gasteiger partial charge in [-0.1, -0.05) is 17.7 Å². The van der Waals surface area contributed by atoms with E-state index in [9.17, 15) is 14.4 Å². The third-order valence-corrected chi connectivity index (χ3v) is 4.37. The van der Waals surface area contributed by atoms with Crippen LogP contribution in [0.3, 0.4) is 0 Å². The minimum Gasteiger partial charge on any atom is -0.456 e. The number of carbonyl (C=O) groups is 1. The lowest BCUT2D eigenvalue weighted by Crippen LogP contribution is -2.36. The molecule has 25 heavy (non-hydrogen) atoms. The molecule has 1 amide bonds. The molecule has 5 nitrogen and oxygen atoms in total. The second kappa shape index (κ2) is 7.39. The van der Waals surface area contributed by atoms with Gasteiger partial charge in [0.15, 0.2) is 0 Å². The second-order valence-electron chi connectivity index (χ2n) is 5.97. The molecule has 0 saturated carbocycles. The van der Waals surface area contributed by atoms with Crippen LogP contribution in [0.5, 0.6) is 11.5 Å². The van der Waals surface area contributed by atoms with Gasteiger partial charge in [0.1, 0.15) is 17.3 Å². The molecule has 0 unspecified atom stereocenters. The Morgan fingerprint density at radius 1 is 1.24 bits per heavy atom. The van der Waals surface area contributed by atoms with Crippen LogP contribution in [0.15, 0.2) is 30.3 Å². The minimum absolute atomic E-state index is 0.0185. The lowest BCUT2D eigenvalue weighted by molar-refractivity contribution is -0.100. The van der Waals surface area contributed by atoms with E-state index in [1.165, 1.54) is 30.7 Å². The Kier molecular flexibility index (Phi) is 5.22. The van der Waals surface area contributed by atoms with Crippen molar-refractivity contribution >= 4 is 17.5 Å². The highest BCUT2D eigenvalue weighted by Gasteiger charge is 2.19. The van der Waals surface area contributed by atoms with Crippen LogP contribution in [-0.2, 0) is 12.8 Å². The van der Waals surface area contributed by atoms with Gasteiger partial charge in [0.05, 0.1) is 10.6 Å². The average molecular weight is 365 g/mol. The first kappa shape index (κ1) is 17.7. The van der Waals surface area contributed by atoms with Crippen LogP contribution in [0, 0.1) is 5.82 Å². The van der Waals surface area contributed by atoms with E-state index in [1.54, 1.807) is 6.07 Å². The third kappa shape index (κ3) is 4.10. The molecular weight excluding hydrogens is 347 g/mol. The monoisotopic (exact) mass is 364 g/mol. The number of fused-ring (bicyclic) bond motifs is 1. The predicted octanol–water partition coefficient (Wildman–Crippen LogP) is 4.12. The highest BCUT2D eigenvalue weighted by molar-refractivity contribution is 6.31. The Morgan fingerprint density at radius 3 is 2.68 bits per heavy atom. The molecule has 2 aromatic rings. The highest BCUT2D eigenvalue weighted by atomic mass is 35.5. The fourth-order valence-corrected chi connectivity index (χ4v) is 3.06. The Bertz CT molecular complexity index is 811. The van der Waals surface area contributed by atoms with Crippen molar-refractivity contribution < 1.29 is 19.1 Å². The van der Waals surface area contributed by atoms with Crippen molar-refractivity contribution in [1.82, 2.24) is 10.6 Å². The van der Waals surface area contributed by atoms with Crippen LogP contribution in [-0.4, -0.2) is 23.3 Å². The van der Waals surface area contributed by atoms with Gasteiger partial charge in [0.2, 0.25) is 0 Å². The largest absolute Gasteiger partial charge is 0.456 e. The molecule has 0 fully saturated rings. The minimum atomic E-state index is -0.691. The summed E-state index contributed by atoms with van der Waals surface area (Å²) in [5.41, 5.74) is 4.69. The first-order valence-electron chi connectivity index (χ1n) is 7.96.